The van der Waals surface area contributed by atoms with Crippen LogP contribution < -0.4 is 4.74 Å². The van der Waals surface area contributed by atoms with Gasteiger partial charge in [-0.3, -0.25) is 0 Å². The summed E-state index contributed by atoms with van der Waals surface area (Å²) >= 11 is 0. The van der Waals surface area contributed by atoms with Crippen LogP contribution in [0.25, 0.3) is 22.4 Å². The molecule has 0 radical (unpaired) electrons. The smallest absolute Gasteiger partial charge is 0.243 e. The van der Waals surface area contributed by atoms with Crippen LogP contribution in [0.1, 0.15) is 51.0 Å². The lowest BCUT2D eigenvalue weighted by Gasteiger charge is -2.26. The van der Waals surface area contributed by atoms with Gasteiger partial charge in [-0.1, -0.05) is 49.6 Å². The van der Waals surface area contributed by atoms with Crippen molar-refractivity contribution < 1.29 is 13.2 Å². The Bertz CT molecular complexity index is 1460. The van der Waals surface area contributed by atoms with Crippen LogP contribution in [0, 0.1) is 0 Å². The normalized spacial score (nSPS) is 19.4. The molecule has 1 atom stereocenters. The molecular formula is C30H33N3O3S. The summed E-state index contributed by atoms with van der Waals surface area (Å²) in [6.07, 6.45) is 7.88. The minimum absolute atomic E-state index is 0.166. The summed E-state index contributed by atoms with van der Waals surface area (Å²) in [7, 11) is -3.52. The predicted octanol–water partition coefficient (Wildman–Crippen LogP) is 6.44. The van der Waals surface area contributed by atoms with Gasteiger partial charge < -0.3 is 9.30 Å². The molecule has 1 aromatic heterocycles. The molecule has 4 aromatic rings. The predicted molar refractivity (Wildman–Crippen MR) is 146 cm³/mol. The summed E-state index contributed by atoms with van der Waals surface area (Å²) in [5, 5.41) is 0. The maximum atomic E-state index is 13.2. The molecule has 37 heavy (non-hydrogen) atoms. The third-order valence-corrected chi connectivity index (χ3v) is 9.73. The van der Waals surface area contributed by atoms with Gasteiger partial charge in [0, 0.05) is 18.2 Å². The highest BCUT2D eigenvalue weighted by Gasteiger charge is 2.35. The van der Waals surface area contributed by atoms with Crippen LogP contribution in [0.3, 0.4) is 0 Å². The van der Waals surface area contributed by atoms with Gasteiger partial charge in [0.15, 0.2) is 0 Å². The van der Waals surface area contributed by atoms with Gasteiger partial charge in [0.1, 0.15) is 18.2 Å². The molecule has 0 N–H and O–H groups in total. The molecule has 0 unspecified atom stereocenters. The number of rotatable bonds is 7. The van der Waals surface area contributed by atoms with Gasteiger partial charge in [0.25, 0.3) is 0 Å². The van der Waals surface area contributed by atoms with E-state index in [1.165, 1.54) is 37.6 Å². The lowest BCUT2D eigenvalue weighted by Crippen LogP contribution is -2.39. The standard InChI is InChI=1S/C30H33N3O3S/c34-37(35,27-13-5-2-6-14-27)32-21-9-12-25(32)22-36-26-19-17-23(18-20-26)30-31-28-15-7-8-16-29(28)33(30)24-10-3-1-4-11-24/h2,5-8,13-20,24-25H,1,3-4,9-12,21-22H2/t25-/m0/s1. The van der Waals surface area contributed by atoms with Crippen molar-refractivity contribution >= 4 is 21.1 Å². The number of hydrogen-bond acceptors (Lipinski definition) is 4. The molecule has 6 nitrogen and oxygen atoms in total. The highest BCUT2D eigenvalue weighted by molar-refractivity contribution is 7.89. The van der Waals surface area contributed by atoms with Crippen LogP contribution in [-0.2, 0) is 10.0 Å². The van der Waals surface area contributed by atoms with Crippen LogP contribution >= 0.6 is 0 Å². The number of sulfonamides is 1. The molecule has 0 amide bonds. The Morgan fingerprint density at radius 2 is 1.54 bits per heavy atom. The van der Waals surface area contributed by atoms with Crippen LogP contribution in [-0.4, -0.2) is 41.5 Å². The van der Waals surface area contributed by atoms with Gasteiger partial charge in [-0.2, -0.15) is 4.31 Å². The van der Waals surface area contributed by atoms with Crippen molar-refractivity contribution in [2.75, 3.05) is 13.2 Å². The summed E-state index contributed by atoms with van der Waals surface area (Å²) in [5.41, 5.74) is 3.30. The van der Waals surface area contributed by atoms with E-state index in [0.717, 1.165) is 35.5 Å². The Labute approximate surface area is 219 Å². The van der Waals surface area contributed by atoms with Gasteiger partial charge in [-0.05, 0) is 74.2 Å². The number of hydrogen-bond donors (Lipinski definition) is 0. The van der Waals surface area contributed by atoms with Gasteiger partial charge >= 0.3 is 0 Å². The SMILES string of the molecule is O=S(=O)(c1ccccc1)N1CCC[C@H]1COc1ccc(-c2nc3ccccc3n2C2CCCCC2)cc1. The molecular weight excluding hydrogens is 482 g/mol. The van der Waals surface area contributed by atoms with E-state index in [4.69, 9.17) is 9.72 Å². The van der Waals surface area contributed by atoms with Crippen molar-refractivity contribution in [2.24, 2.45) is 0 Å². The van der Waals surface area contributed by atoms with Crippen molar-refractivity contribution in [1.82, 2.24) is 13.9 Å². The van der Waals surface area contributed by atoms with Gasteiger partial charge in [-0.15, -0.1) is 0 Å². The summed E-state index contributed by atoms with van der Waals surface area (Å²) in [5.74, 6) is 1.75. The average Bonchev–Trinajstić information content (AvgIpc) is 3.59. The summed E-state index contributed by atoms with van der Waals surface area (Å²) in [6.45, 7) is 0.869. The average molecular weight is 516 g/mol. The van der Waals surface area contributed by atoms with E-state index in [1.54, 1.807) is 28.6 Å². The number of benzene rings is 3. The van der Waals surface area contributed by atoms with Crippen molar-refractivity contribution in [1.29, 1.82) is 0 Å². The first-order valence-corrected chi connectivity index (χ1v) is 14.8. The van der Waals surface area contributed by atoms with Crippen LogP contribution in [0.5, 0.6) is 5.75 Å². The zero-order valence-corrected chi connectivity index (χ0v) is 21.8. The zero-order valence-electron chi connectivity index (χ0n) is 21.0. The second-order valence-corrected chi connectivity index (χ2v) is 12.0. The highest BCUT2D eigenvalue weighted by atomic mass is 32.2. The molecule has 2 aliphatic rings. The number of nitrogens with zero attached hydrogens (tertiary/aromatic N) is 3. The molecule has 1 saturated heterocycles. The van der Waals surface area contributed by atoms with E-state index in [-0.39, 0.29) is 6.04 Å². The lowest BCUT2D eigenvalue weighted by molar-refractivity contribution is 0.232. The fourth-order valence-corrected chi connectivity index (χ4v) is 7.57. The first-order chi connectivity index (χ1) is 18.1. The van der Waals surface area contributed by atoms with E-state index < -0.39 is 10.0 Å². The monoisotopic (exact) mass is 515 g/mol. The third kappa shape index (κ3) is 4.78. The first kappa shape index (κ1) is 24.2. The molecule has 192 valence electrons. The molecule has 2 heterocycles. The number of fused-ring (bicyclic) bond motifs is 1. The zero-order chi connectivity index (χ0) is 25.2. The second-order valence-electron chi connectivity index (χ2n) is 10.1. The van der Waals surface area contributed by atoms with Gasteiger partial charge in [-0.25, -0.2) is 13.4 Å². The Hall–Kier alpha value is -3.16. The van der Waals surface area contributed by atoms with Crippen LogP contribution in [0.15, 0.2) is 83.8 Å². The van der Waals surface area contributed by atoms with E-state index in [9.17, 15) is 8.42 Å². The minimum Gasteiger partial charge on any atom is -0.492 e. The summed E-state index contributed by atoms with van der Waals surface area (Å²) < 4.78 is 36.5. The lowest BCUT2D eigenvalue weighted by atomic mass is 9.95. The number of imidazole rings is 1. The molecule has 0 spiro atoms. The van der Waals surface area contributed by atoms with E-state index in [1.807, 2.05) is 24.3 Å². The Morgan fingerprint density at radius 1 is 0.811 bits per heavy atom. The van der Waals surface area contributed by atoms with E-state index in [2.05, 4.69) is 34.9 Å². The van der Waals surface area contributed by atoms with E-state index >= 15 is 0 Å². The first-order valence-electron chi connectivity index (χ1n) is 13.4. The van der Waals surface area contributed by atoms with E-state index in [0.29, 0.717) is 24.1 Å². The molecule has 7 heteroatoms. The quantitative estimate of drug-likeness (QED) is 0.284. The second kappa shape index (κ2) is 10.3. The largest absolute Gasteiger partial charge is 0.492 e. The molecule has 2 fully saturated rings. The van der Waals surface area contributed by atoms with Crippen molar-refractivity contribution in [3.63, 3.8) is 0 Å². The number of aromatic nitrogens is 2. The molecule has 1 saturated carbocycles. The molecule has 0 bridgehead atoms. The minimum atomic E-state index is -3.52. The maximum absolute atomic E-state index is 13.2. The molecule has 1 aliphatic carbocycles. The maximum Gasteiger partial charge on any atom is 0.243 e. The molecule has 3 aromatic carbocycles. The number of para-hydroxylation sites is 2. The van der Waals surface area contributed by atoms with Crippen molar-refractivity contribution in [3.8, 4) is 17.1 Å². The topological polar surface area (TPSA) is 64.4 Å². The Kier molecular flexibility index (Phi) is 6.74. The summed E-state index contributed by atoms with van der Waals surface area (Å²) in [6, 6.07) is 25.5. The van der Waals surface area contributed by atoms with Gasteiger partial charge in [0.2, 0.25) is 10.0 Å². The molecule has 6 rings (SSSR count). The van der Waals surface area contributed by atoms with Crippen molar-refractivity contribution in [3.05, 3.63) is 78.9 Å². The number of ether oxygens (including phenoxy) is 1. The van der Waals surface area contributed by atoms with Crippen LogP contribution in [0.2, 0.25) is 0 Å². The third-order valence-electron chi connectivity index (χ3n) is 7.76. The van der Waals surface area contributed by atoms with Gasteiger partial charge in [0.05, 0.1) is 22.0 Å². The highest BCUT2D eigenvalue weighted by Crippen LogP contribution is 2.36. The fraction of sp³-hybridized carbons (Fsp3) is 0.367. The van der Waals surface area contributed by atoms with Crippen LogP contribution in [0.4, 0.5) is 0 Å². The molecule has 1 aliphatic heterocycles. The fourth-order valence-electron chi connectivity index (χ4n) is 5.87. The summed E-state index contributed by atoms with van der Waals surface area (Å²) in [4.78, 5) is 5.35. The van der Waals surface area contributed by atoms with Crippen molar-refractivity contribution in [2.45, 2.75) is 61.9 Å². The Morgan fingerprint density at radius 3 is 2.32 bits per heavy atom. The Balaban J connectivity index is 1.20.